The summed E-state index contributed by atoms with van der Waals surface area (Å²) in [5, 5.41) is 2.67. The third-order valence-electron chi connectivity index (χ3n) is 4.38. The minimum atomic E-state index is -0.693. The van der Waals surface area contributed by atoms with Crippen LogP contribution in [0.1, 0.15) is 21.5 Å². The molecule has 0 fully saturated rings. The monoisotopic (exact) mass is 423 g/mol. The first-order valence-corrected chi connectivity index (χ1v) is 9.54. The molecule has 7 heteroatoms. The Bertz CT molecular complexity index is 1070. The molecule has 0 atom stereocenters. The number of hydrogen-bond acceptors (Lipinski definition) is 5. The zero-order valence-electron chi connectivity index (χ0n) is 17.2. The highest BCUT2D eigenvalue weighted by molar-refractivity contribution is 5.97. The molecule has 0 aliphatic heterocycles. The quantitative estimate of drug-likeness (QED) is 0.540. The van der Waals surface area contributed by atoms with Gasteiger partial charge in [0.1, 0.15) is 29.5 Å². The van der Waals surface area contributed by atoms with Crippen LogP contribution in [0.5, 0.6) is 11.5 Å². The van der Waals surface area contributed by atoms with Crippen molar-refractivity contribution in [2.75, 3.05) is 19.0 Å². The van der Waals surface area contributed by atoms with Gasteiger partial charge in [-0.1, -0.05) is 30.3 Å². The summed E-state index contributed by atoms with van der Waals surface area (Å²) in [6, 6.07) is 17.8. The van der Waals surface area contributed by atoms with E-state index in [1.54, 1.807) is 48.5 Å². The van der Waals surface area contributed by atoms with E-state index in [1.165, 1.54) is 19.2 Å². The predicted molar refractivity (Wildman–Crippen MR) is 114 cm³/mol. The molecular formula is C24H22FNO5. The molecule has 0 aliphatic carbocycles. The highest BCUT2D eigenvalue weighted by Crippen LogP contribution is 2.25. The van der Waals surface area contributed by atoms with Crippen molar-refractivity contribution < 1.29 is 28.2 Å². The second kappa shape index (κ2) is 10.2. The summed E-state index contributed by atoms with van der Waals surface area (Å²) < 4.78 is 29.1. The number of aryl methyl sites for hydroxylation is 1. The van der Waals surface area contributed by atoms with Gasteiger partial charge in [-0.3, -0.25) is 4.79 Å². The van der Waals surface area contributed by atoms with Gasteiger partial charge in [-0.2, -0.15) is 0 Å². The number of para-hydroxylation sites is 1. The molecule has 0 saturated carbocycles. The molecule has 6 nitrogen and oxygen atoms in total. The molecule has 31 heavy (non-hydrogen) atoms. The Morgan fingerprint density at radius 1 is 0.968 bits per heavy atom. The molecule has 1 N–H and O–H groups in total. The van der Waals surface area contributed by atoms with Crippen molar-refractivity contribution in [1.29, 1.82) is 0 Å². The van der Waals surface area contributed by atoms with Crippen LogP contribution in [0.15, 0.2) is 66.7 Å². The fraction of sp³-hybridized carbons (Fsp3) is 0.167. The zero-order chi connectivity index (χ0) is 22.2. The van der Waals surface area contributed by atoms with Crippen molar-refractivity contribution in [3.8, 4) is 11.5 Å². The topological polar surface area (TPSA) is 73.9 Å². The third-order valence-corrected chi connectivity index (χ3v) is 4.38. The number of halogens is 1. The van der Waals surface area contributed by atoms with Gasteiger partial charge in [0.25, 0.3) is 5.91 Å². The molecule has 0 bridgehead atoms. The molecule has 0 spiro atoms. The van der Waals surface area contributed by atoms with Crippen LogP contribution in [0.2, 0.25) is 0 Å². The van der Waals surface area contributed by atoms with E-state index in [2.05, 4.69) is 5.32 Å². The summed E-state index contributed by atoms with van der Waals surface area (Å²) >= 11 is 0. The number of carbonyl (C=O) groups is 2. The van der Waals surface area contributed by atoms with Gasteiger partial charge in [0.05, 0.1) is 12.8 Å². The maximum absolute atomic E-state index is 13.0. The van der Waals surface area contributed by atoms with Gasteiger partial charge in [-0.05, 0) is 54.4 Å². The van der Waals surface area contributed by atoms with Gasteiger partial charge < -0.3 is 19.5 Å². The maximum atomic E-state index is 13.0. The van der Waals surface area contributed by atoms with Gasteiger partial charge in [0.15, 0.2) is 6.61 Å². The van der Waals surface area contributed by atoms with E-state index in [0.29, 0.717) is 17.2 Å². The van der Waals surface area contributed by atoms with Crippen LogP contribution >= 0.6 is 0 Å². The number of carbonyl (C=O) groups excluding carboxylic acids is 2. The van der Waals surface area contributed by atoms with Crippen LogP contribution in [-0.2, 0) is 16.1 Å². The second-order valence-electron chi connectivity index (χ2n) is 6.74. The van der Waals surface area contributed by atoms with Crippen molar-refractivity contribution in [3.05, 3.63) is 89.2 Å². The lowest BCUT2D eigenvalue weighted by atomic mass is 10.2. The van der Waals surface area contributed by atoms with Crippen molar-refractivity contribution in [2.24, 2.45) is 0 Å². The molecule has 0 saturated heterocycles. The predicted octanol–water partition coefficient (Wildman–Crippen LogP) is 4.52. The van der Waals surface area contributed by atoms with Crippen molar-refractivity contribution >= 4 is 17.6 Å². The molecule has 3 rings (SSSR count). The summed E-state index contributed by atoms with van der Waals surface area (Å²) in [5.41, 5.74) is 2.37. The lowest BCUT2D eigenvalue weighted by Gasteiger charge is -2.13. The van der Waals surface area contributed by atoms with Gasteiger partial charge in [-0.15, -0.1) is 0 Å². The lowest BCUT2D eigenvalue weighted by Crippen LogP contribution is -2.21. The van der Waals surface area contributed by atoms with E-state index < -0.39 is 18.5 Å². The van der Waals surface area contributed by atoms with Gasteiger partial charge in [0, 0.05) is 0 Å². The Hall–Kier alpha value is -3.87. The van der Waals surface area contributed by atoms with Crippen LogP contribution in [-0.4, -0.2) is 25.6 Å². The summed E-state index contributed by atoms with van der Waals surface area (Å²) in [7, 11) is 1.50. The zero-order valence-corrected chi connectivity index (χ0v) is 17.2. The first kappa shape index (κ1) is 21.8. The van der Waals surface area contributed by atoms with Crippen molar-refractivity contribution in [1.82, 2.24) is 0 Å². The van der Waals surface area contributed by atoms with Crippen LogP contribution in [0.25, 0.3) is 0 Å². The number of methoxy groups -OCH3 is 1. The highest BCUT2D eigenvalue weighted by Gasteiger charge is 2.16. The summed E-state index contributed by atoms with van der Waals surface area (Å²) in [6.07, 6.45) is 0. The molecule has 0 radical (unpaired) electrons. The first-order chi connectivity index (χ1) is 15.0. The van der Waals surface area contributed by atoms with Gasteiger partial charge in [0.2, 0.25) is 0 Å². The number of amides is 1. The molecule has 0 aromatic heterocycles. The minimum absolute atomic E-state index is 0.151. The largest absolute Gasteiger partial charge is 0.495 e. The Labute approximate surface area is 179 Å². The van der Waals surface area contributed by atoms with Crippen LogP contribution in [0, 0.1) is 12.7 Å². The van der Waals surface area contributed by atoms with E-state index in [1.807, 2.05) is 13.0 Å². The Kier molecular flexibility index (Phi) is 7.22. The number of esters is 1. The molecule has 3 aromatic rings. The first-order valence-electron chi connectivity index (χ1n) is 9.54. The average molecular weight is 423 g/mol. The maximum Gasteiger partial charge on any atom is 0.342 e. The Balaban J connectivity index is 1.60. The smallest absolute Gasteiger partial charge is 0.342 e. The molecule has 0 aliphatic rings. The molecular weight excluding hydrogens is 401 g/mol. The van der Waals surface area contributed by atoms with E-state index in [0.717, 1.165) is 11.1 Å². The molecule has 3 aromatic carbocycles. The van der Waals surface area contributed by atoms with Gasteiger partial charge >= 0.3 is 5.97 Å². The van der Waals surface area contributed by atoms with E-state index in [-0.39, 0.29) is 18.0 Å². The normalized spacial score (nSPS) is 10.3. The SMILES string of the molecule is COc1ccc(C)cc1NC(=O)COC(=O)c1ccccc1OCc1ccc(F)cc1. The van der Waals surface area contributed by atoms with Crippen LogP contribution < -0.4 is 14.8 Å². The Morgan fingerprint density at radius 3 is 2.45 bits per heavy atom. The minimum Gasteiger partial charge on any atom is -0.495 e. The molecule has 1 amide bonds. The standard InChI is InChI=1S/C24H22FNO5/c1-16-7-12-22(29-2)20(13-16)26-23(27)15-31-24(28)19-5-3-4-6-21(19)30-14-17-8-10-18(25)11-9-17/h3-13H,14-15H2,1-2H3,(H,26,27). The molecule has 0 heterocycles. The average Bonchev–Trinajstić information content (AvgIpc) is 2.77. The van der Waals surface area contributed by atoms with Crippen LogP contribution in [0.3, 0.4) is 0 Å². The van der Waals surface area contributed by atoms with E-state index >= 15 is 0 Å². The fourth-order valence-corrected chi connectivity index (χ4v) is 2.82. The number of anilines is 1. The summed E-state index contributed by atoms with van der Waals surface area (Å²) in [6.45, 7) is 1.57. The fourth-order valence-electron chi connectivity index (χ4n) is 2.82. The molecule has 0 unspecified atom stereocenters. The summed E-state index contributed by atoms with van der Waals surface area (Å²) in [4.78, 5) is 24.7. The van der Waals surface area contributed by atoms with Crippen LogP contribution in [0.4, 0.5) is 10.1 Å². The van der Waals surface area contributed by atoms with E-state index in [4.69, 9.17) is 14.2 Å². The number of nitrogens with one attached hydrogen (secondary N) is 1. The summed E-state index contributed by atoms with van der Waals surface area (Å²) in [5.74, 6) is -0.722. The number of rotatable bonds is 8. The molecule has 160 valence electrons. The highest BCUT2D eigenvalue weighted by atomic mass is 19.1. The lowest BCUT2D eigenvalue weighted by molar-refractivity contribution is -0.119. The number of ether oxygens (including phenoxy) is 3. The van der Waals surface area contributed by atoms with E-state index in [9.17, 15) is 14.0 Å². The number of hydrogen-bond donors (Lipinski definition) is 1. The van der Waals surface area contributed by atoms with Gasteiger partial charge in [-0.25, -0.2) is 9.18 Å². The van der Waals surface area contributed by atoms with Crippen molar-refractivity contribution in [3.63, 3.8) is 0 Å². The number of benzene rings is 3. The van der Waals surface area contributed by atoms with Crippen molar-refractivity contribution in [2.45, 2.75) is 13.5 Å². The Morgan fingerprint density at radius 2 is 1.71 bits per heavy atom. The third kappa shape index (κ3) is 6.05. The second-order valence-corrected chi connectivity index (χ2v) is 6.74.